The fourth-order valence-corrected chi connectivity index (χ4v) is 5.30. The van der Waals surface area contributed by atoms with Crippen LogP contribution in [0.5, 0.6) is 5.75 Å². The minimum absolute atomic E-state index is 0.0286. The van der Waals surface area contributed by atoms with Gasteiger partial charge >= 0.3 is 0 Å². The van der Waals surface area contributed by atoms with E-state index in [-0.39, 0.29) is 27.7 Å². The van der Waals surface area contributed by atoms with E-state index in [1.807, 2.05) is 0 Å². The lowest BCUT2D eigenvalue weighted by molar-refractivity contribution is -0.264. The standard InChI is InChI=1S/C17H21ClFNO4S/c1-16(2)13-5-6-17(13,3)15(16)24-12-8-11(19)9(7-10(12)18)14(21)20-25(4,22)23/h7-8,13,15H,5-6H2,1-4H3,(H,20,21)/t13?,15-,17+/m0/s1. The molecule has 5 nitrogen and oxygen atoms in total. The van der Waals surface area contributed by atoms with E-state index in [2.05, 4.69) is 20.8 Å². The molecule has 2 saturated carbocycles. The van der Waals surface area contributed by atoms with Crippen molar-refractivity contribution in [2.45, 2.75) is 39.7 Å². The Labute approximate surface area is 151 Å². The number of nitrogens with one attached hydrogen (secondary N) is 1. The van der Waals surface area contributed by atoms with Gasteiger partial charge in [0.15, 0.2) is 0 Å². The van der Waals surface area contributed by atoms with Crippen molar-refractivity contribution in [3.63, 3.8) is 0 Å². The molecule has 138 valence electrons. The number of ether oxygens (including phenoxy) is 1. The predicted octanol–water partition coefficient (Wildman–Crippen LogP) is 3.37. The molecule has 1 N–H and O–H groups in total. The Balaban J connectivity index is 1.85. The highest BCUT2D eigenvalue weighted by molar-refractivity contribution is 7.89. The first-order valence-corrected chi connectivity index (χ1v) is 10.3. The first-order valence-electron chi connectivity index (χ1n) is 8.04. The highest BCUT2D eigenvalue weighted by Gasteiger charge is 2.70. The zero-order valence-corrected chi connectivity index (χ0v) is 16.1. The fraction of sp³-hybridized carbons (Fsp3) is 0.588. The molecule has 2 fully saturated rings. The molecule has 0 spiro atoms. The second-order valence-corrected chi connectivity index (χ2v) is 10.0. The molecule has 3 atom stereocenters. The Hall–Kier alpha value is -1.34. The first kappa shape index (κ1) is 18.5. The second kappa shape index (κ2) is 5.58. The van der Waals surface area contributed by atoms with Crippen molar-refractivity contribution in [1.29, 1.82) is 0 Å². The predicted molar refractivity (Wildman–Crippen MR) is 92.7 cm³/mol. The lowest BCUT2D eigenvalue weighted by Gasteiger charge is -2.71. The number of hydrogen-bond acceptors (Lipinski definition) is 4. The van der Waals surface area contributed by atoms with Crippen LogP contribution in [-0.2, 0) is 10.0 Å². The summed E-state index contributed by atoms with van der Waals surface area (Å²) in [5.41, 5.74) is -0.405. The van der Waals surface area contributed by atoms with Crippen molar-refractivity contribution in [3.8, 4) is 5.75 Å². The zero-order valence-electron chi connectivity index (χ0n) is 14.5. The zero-order chi connectivity index (χ0) is 18.8. The van der Waals surface area contributed by atoms with Crippen LogP contribution in [0.3, 0.4) is 0 Å². The number of carbonyl (C=O) groups is 1. The van der Waals surface area contributed by atoms with E-state index in [1.54, 1.807) is 4.72 Å². The molecular formula is C17H21ClFNO4S. The van der Waals surface area contributed by atoms with Gasteiger partial charge in [0.25, 0.3) is 5.91 Å². The summed E-state index contributed by atoms with van der Waals surface area (Å²) in [5, 5.41) is 0.0715. The van der Waals surface area contributed by atoms with E-state index < -0.39 is 27.3 Å². The summed E-state index contributed by atoms with van der Waals surface area (Å²) in [5.74, 6) is -1.20. The first-order chi connectivity index (χ1) is 11.4. The van der Waals surface area contributed by atoms with Crippen molar-refractivity contribution in [3.05, 3.63) is 28.5 Å². The number of rotatable bonds is 4. The third kappa shape index (κ3) is 2.91. The van der Waals surface area contributed by atoms with Crippen molar-refractivity contribution < 1.29 is 22.3 Å². The smallest absolute Gasteiger partial charge is 0.267 e. The molecule has 1 aromatic rings. The van der Waals surface area contributed by atoms with E-state index in [1.165, 1.54) is 0 Å². The van der Waals surface area contributed by atoms with Crippen LogP contribution in [0.15, 0.2) is 12.1 Å². The number of amides is 1. The summed E-state index contributed by atoms with van der Waals surface area (Å²) in [6.45, 7) is 6.41. The molecule has 3 rings (SSSR count). The monoisotopic (exact) mass is 389 g/mol. The van der Waals surface area contributed by atoms with Gasteiger partial charge < -0.3 is 4.74 Å². The highest BCUT2D eigenvalue weighted by Crippen LogP contribution is 2.70. The SMILES string of the molecule is CC1(C)C2CC[C@@]2(C)[C@H]1Oc1cc(F)c(C(=O)NS(C)(=O)=O)cc1Cl. The number of hydrogen-bond donors (Lipinski definition) is 1. The van der Waals surface area contributed by atoms with Gasteiger partial charge in [0.2, 0.25) is 10.0 Å². The number of carbonyl (C=O) groups excluding carboxylic acids is 1. The lowest BCUT2D eigenvalue weighted by atomic mass is 9.36. The summed E-state index contributed by atoms with van der Waals surface area (Å²) in [7, 11) is -3.79. The van der Waals surface area contributed by atoms with E-state index >= 15 is 0 Å². The van der Waals surface area contributed by atoms with Gasteiger partial charge in [-0.05, 0) is 24.8 Å². The van der Waals surface area contributed by atoms with Crippen LogP contribution in [-0.4, -0.2) is 26.7 Å². The van der Waals surface area contributed by atoms with Gasteiger partial charge in [0, 0.05) is 16.9 Å². The van der Waals surface area contributed by atoms with Gasteiger partial charge in [-0.3, -0.25) is 4.79 Å². The molecule has 1 aromatic carbocycles. The lowest BCUT2D eigenvalue weighted by Crippen LogP contribution is -2.72. The summed E-state index contributed by atoms with van der Waals surface area (Å²) >= 11 is 6.16. The molecule has 8 heteroatoms. The van der Waals surface area contributed by atoms with Gasteiger partial charge in [-0.15, -0.1) is 0 Å². The average molecular weight is 390 g/mol. The van der Waals surface area contributed by atoms with Crippen molar-refractivity contribution in [2.75, 3.05) is 6.26 Å². The Morgan fingerprint density at radius 3 is 2.48 bits per heavy atom. The molecule has 2 aliphatic carbocycles. The molecule has 0 heterocycles. The highest BCUT2D eigenvalue weighted by atomic mass is 35.5. The summed E-state index contributed by atoms with van der Waals surface area (Å²) in [6.07, 6.45) is 2.94. The average Bonchev–Trinajstić information content (AvgIpc) is 2.43. The number of fused-ring (bicyclic) bond motifs is 1. The van der Waals surface area contributed by atoms with E-state index in [9.17, 15) is 17.6 Å². The van der Waals surface area contributed by atoms with Gasteiger partial charge in [0.1, 0.15) is 17.7 Å². The number of halogens is 2. The minimum Gasteiger partial charge on any atom is -0.488 e. The van der Waals surface area contributed by atoms with Crippen LogP contribution in [0.2, 0.25) is 5.02 Å². The van der Waals surface area contributed by atoms with Crippen LogP contribution >= 0.6 is 11.6 Å². The van der Waals surface area contributed by atoms with Crippen LogP contribution in [0.4, 0.5) is 4.39 Å². The van der Waals surface area contributed by atoms with Crippen molar-refractivity contribution in [1.82, 2.24) is 4.72 Å². The largest absolute Gasteiger partial charge is 0.488 e. The normalized spacial score (nSPS) is 29.8. The topological polar surface area (TPSA) is 72.5 Å². The van der Waals surface area contributed by atoms with E-state index in [4.69, 9.17) is 16.3 Å². The Bertz CT molecular complexity index is 843. The molecular weight excluding hydrogens is 369 g/mol. The third-order valence-electron chi connectivity index (χ3n) is 5.73. The Morgan fingerprint density at radius 2 is 2.00 bits per heavy atom. The van der Waals surface area contributed by atoms with Crippen LogP contribution < -0.4 is 9.46 Å². The summed E-state index contributed by atoms with van der Waals surface area (Å²) in [4.78, 5) is 11.9. The quantitative estimate of drug-likeness (QED) is 0.856. The number of benzene rings is 1. The van der Waals surface area contributed by atoms with Crippen molar-refractivity contribution in [2.24, 2.45) is 16.7 Å². The molecule has 1 amide bonds. The van der Waals surface area contributed by atoms with E-state index in [0.29, 0.717) is 5.92 Å². The molecule has 1 unspecified atom stereocenters. The van der Waals surface area contributed by atoms with Crippen LogP contribution in [0, 0.1) is 22.6 Å². The summed E-state index contributed by atoms with van der Waals surface area (Å²) in [6, 6.07) is 2.14. The molecule has 0 saturated heterocycles. The van der Waals surface area contributed by atoms with Crippen molar-refractivity contribution >= 4 is 27.5 Å². The fourth-order valence-electron chi connectivity index (χ4n) is 4.65. The van der Waals surface area contributed by atoms with Gasteiger partial charge in [0.05, 0.1) is 16.8 Å². The molecule has 2 aliphatic rings. The van der Waals surface area contributed by atoms with Gasteiger partial charge in [-0.1, -0.05) is 32.4 Å². The molecule has 0 radical (unpaired) electrons. The van der Waals surface area contributed by atoms with Crippen LogP contribution in [0.1, 0.15) is 44.0 Å². The molecule has 25 heavy (non-hydrogen) atoms. The Morgan fingerprint density at radius 1 is 1.36 bits per heavy atom. The summed E-state index contributed by atoms with van der Waals surface area (Å²) < 4.78 is 44.3. The minimum atomic E-state index is -3.79. The molecule has 0 aromatic heterocycles. The molecule has 0 bridgehead atoms. The van der Waals surface area contributed by atoms with Gasteiger partial charge in [-0.25, -0.2) is 17.5 Å². The van der Waals surface area contributed by atoms with Gasteiger partial charge in [-0.2, -0.15) is 0 Å². The second-order valence-electron chi connectivity index (χ2n) is 7.88. The number of sulfonamides is 1. The Kier molecular flexibility index (Phi) is 4.12. The maximum absolute atomic E-state index is 14.3. The molecule has 0 aliphatic heterocycles. The van der Waals surface area contributed by atoms with Crippen LogP contribution in [0.25, 0.3) is 0 Å². The maximum Gasteiger partial charge on any atom is 0.267 e. The third-order valence-corrected chi connectivity index (χ3v) is 6.58. The maximum atomic E-state index is 14.3. The van der Waals surface area contributed by atoms with E-state index in [0.717, 1.165) is 31.2 Å².